The largest absolute Gasteiger partial charge is 0.330 e. The molecule has 6 nitrogen and oxygen atoms in total. The molecule has 0 aromatic carbocycles. The molecule has 1 aromatic heterocycles. The quantitative estimate of drug-likeness (QED) is 0.807. The van der Waals surface area contributed by atoms with E-state index in [1.165, 1.54) is 16.6 Å². The summed E-state index contributed by atoms with van der Waals surface area (Å²) in [5, 5.41) is 6.34. The minimum absolute atomic E-state index is 0.0694. The number of hydrogen-bond acceptors (Lipinski definition) is 4. The second-order valence-corrected chi connectivity index (χ2v) is 6.75. The highest BCUT2D eigenvalue weighted by Gasteiger charge is 2.35. The minimum atomic E-state index is -3.40. The molecule has 1 aliphatic rings. The molecule has 7 heteroatoms. The predicted octanol–water partition coefficient (Wildman–Crippen LogP) is 0.159. The first-order valence-corrected chi connectivity index (χ1v) is 7.12. The highest BCUT2D eigenvalue weighted by atomic mass is 32.2. The molecule has 1 saturated heterocycles. The van der Waals surface area contributed by atoms with Crippen molar-refractivity contribution in [1.82, 2.24) is 14.5 Å². The smallest absolute Gasteiger partial charge is 0.259 e. The van der Waals surface area contributed by atoms with E-state index in [1.54, 1.807) is 0 Å². The van der Waals surface area contributed by atoms with Crippen LogP contribution in [0.25, 0.3) is 0 Å². The van der Waals surface area contributed by atoms with Gasteiger partial charge in [0.05, 0.1) is 6.20 Å². The molecule has 2 rings (SSSR count). The Morgan fingerprint density at radius 1 is 1.53 bits per heavy atom. The Hall–Kier alpha value is -0.920. The van der Waals surface area contributed by atoms with Crippen LogP contribution in [0.2, 0.25) is 0 Å². The summed E-state index contributed by atoms with van der Waals surface area (Å²) in [6, 6.07) is 1.48. The van der Waals surface area contributed by atoms with Crippen molar-refractivity contribution in [3.05, 3.63) is 12.3 Å². The molecule has 0 radical (unpaired) electrons. The molecule has 2 heterocycles. The Morgan fingerprint density at radius 2 is 2.18 bits per heavy atom. The SMILES string of the molecule is CC1(CN)CCN(S(=O)(=O)c2ccn[nH]2)CC1. The average Bonchev–Trinajstić information content (AvgIpc) is 2.84. The van der Waals surface area contributed by atoms with Gasteiger partial charge in [0.25, 0.3) is 10.0 Å². The number of H-pyrrole nitrogens is 1. The normalized spacial score (nSPS) is 21.5. The van der Waals surface area contributed by atoms with Crippen LogP contribution < -0.4 is 5.73 Å². The van der Waals surface area contributed by atoms with E-state index in [2.05, 4.69) is 17.1 Å². The molecule has 0 bridgehead atoms. The number of piperidine rings is 1. The van der Waals surface area contributed by atoms with Gasteiger partial charge < -0.3 is 5.73 Å². The third-order valence-electron chi connectivity index (χ3n) is 3.52. The minimum Gasteiger partial charge on any atom is -0.330 e. The van der Waals surface area contributed by atoms with Crippen molar-refractivity contribution >= 4 is 10.0 Å². The number of nitrogens with zero attached hydrogens (tertiary/aromatic N) is 2. The first kappa shape index (κ1) is 12.5. The van der Waals surface area contributed by atoms with Gasteiger partial charge in [0.1, 0.15) is 0 Å². The van der Waals surface area contributed by atoms with Gasteiger partial charge in [-0.05, 0) is 30.9 Å². The number of hydrogen-bond donors (Lipinski definition) is 2. The summed E-state index contributed by atoms with van der Waals surface area (Å²) in [4.78, 5) is 0. The van der Waals surface area contributed by atoms with Crippen molar-refractivity contribution in [2.45, 2.75) is 24.8 Å². The third kappa shape index (κ3) is 2.36. The summed E-state index contributed by atoms with van der Waals surface area (Å²) in [6.45, 7) is 3.75. The molecule has 0 saturated carbocycles. The van der Waals surface area contributed by atoms with Gasteiger partial charge in [-0.1, -0.05) is 6.92 Å². The Morgan fingerprint density at radius 3 is 2.65 bits per heavy atom. The second kappa shape index (κ2) is 4.40. The van der Waals surface area contributed by atoms with Gasteiger partial charge in [0, 0.05) is 13.1 Å². The summed E-state index contributed by atoms with van der Waals surface area (Å²) >= 11 is 0. The maximum atomic E-state index is 12.2. The lowest BCUT2D eigenvalue weighted by Crippen LogP contribution is -2.44. The first-order valence-electron chi connectivity index (χ1n) is 5.68. The topological polar surface area (TPSA) is 92.1 Å². The van der Waals surface area contributed by atoms with E-state index in [-0.39, 0.29) is 10.4 Å². The zero-order chi connectivity index (χ0) is 12.5. The van der Waals surface area contributed by atoms with E-state index < -0.39 is 10.0 Å². The third-order valence-corrected chi connectivity index (χ3v) is 5.34. The molecular formula is C10H18N4O2S. The van der Waals surface area contributed by atoms with Crippen molar-refractivity contribution in [2.24, 2.45) is 11.1 Å². The number of aromatic amines is 1. The van der Waals surface area contributed by atoms with Gasteiger partial charge in [0.2, 0.25) is 0 Å². The standard InChI is InChI=1S/C10H18N4O2S/c1-10(8-11)3-6-14(7-4-10)17(15,16)9-2-5-12-13-9/h2,5H,3-4,6-8,11H2,1H3,(H,12,13). The molecule has 0 unspecified atom stereocenters. The monoisotopic (exact) mass is 258 g/mol. The van der Waals surface area contributed by atoms with E-state index in [4.69, 9.17) is 5.73 Å². The van der Waals surface area contributed by atoms with E-state index >= 15 is 0 Å². The summed E-state index contributed by atoms with van der Waals surface area (Å²) in [7, 11) is -3.40. The Labute approximate surface area is 101 Å². The number of rotatable bonds is 3. The van der Waals surface area contributed by atoms with Crippen LogP contribution in [0.4, 0.5) is 0 Å². The van der Waals surface area contributed by atoms with Gasteiger partial charge in [-0.2, -0.15) is 9.40 Å². The first-order chi connectivity index (χ1) is 7.98. The predicted molar refractivity (Wildman–Crippen MR) is 63.7 cm³/mol. The lowest BCUT2D eigenvalue weighted by molar-refractivity contribution is 0.182. The van der Waals surface area contributed by atoms with Crippen LogP contribution in [-0.4, -0.2) is 42.6 Å². The van der Waals surface area contributed by atoms with Crippen LogP contribution in [0.3, 0.4) is 0 Å². The fourth-order valence-corrected chi connectivity index (χ4v) is 3.34. The van der Waals surface area contributed by atoms with Crippen molar-refractivity contribution < 1.29 is 8.42 Å². The van der Waals surface area contributed by atoms with Crippen LogP contribution in [0.5, 0.6) is 0 Å². The zero-order valence-corrected chi connectivity index (χ0v) is 10.7. The molecule has 1 aromatic rings. The zero-order valence-electron chi connectivity index (χ0n) is 9.89. The summed E-state index contributed by atoms with van der Waals surface area (Å²) < 4.78 is 25.8. The Balaban J connectivity index is 2.12. The van der Waals surface area contributed by atoms with Gasteiger partial charge in [-0.3, -0.25) is 5.10 Å². The van der Waals surface area contributed by atoms with Crippen LogP contribution in [-0.2, 0) is 10.0 Å². The Bertz CT molecular complexity index is 461. The fourth-order valence-electron chi connectivity index (χ4n) is 2.00. The van der Waals surface area contributed by atoms with E-state index in [1.807, 2.05) is 0 Å². The molecular weight excluding hydrogens is 240 g/mol. The van der Waals surface area contributed by atoms with Gasteiger partial charge >= 0.3 is 0 Å². The van der Waals surface area contributed by atoms with E-state index in [0.29, 0.717) is 19.6 Å². The summed E-state index contributed by atoms with van der Waals surface area (Å²) in [5.74, 6) is 0. The Kier molecular flexibility index (Phi) is 3.24. The fraction of sp³-hybridized carbons (Fsp3) is 0.700. The van der Waals surface area contributed by atoms with Crippen LogP contribution in [0.1, 0.15) is 19.8 Å². The molecule has 0 atom stereocenters. The van der Waals surface area contributed by atoms with Crippen molar-refractivity contribution in [3.8, 4) is 0 Å². The lowest BCUT2D eigenvalue weighted by Gasteiger charge is -2.37. The molecule has 0 aliphatic carbocycles. The van der Waals surface area contributed by atoms with E-state index in [9.17, 15) is 8.42 Å². The summed E-state index contributed by atoms with van der Waals surface area (Å²) in [5.41, 5.74) is 5.77. The van der Waals surface area contributed by atoms with Gasteiger partial charge in [-0.15, -0.1) is 0 Å². The van der Waals surface area contributed by atoms with Crippen molar-refractivity contribution in [2.75, 3.05) is 19.6 Å². The number of sulfonamides is 1. The second-order valence-electron chi connectivity index (χ2n) is 4.84. The number of nitrogens with two attached hydrogens (primary N) is 1. The number of nitrogens with one attached hydrogen (secondary N) is 1. The van der Waals surface area contributed by atoms with E-state index in [0.717, 1.165) is 12.8 Å². The molecule has 17 heavy (non-hydrogen) atoms. The van der Waals surface area contributed by atoms with Crippen LogP contribution in [0.15, 0.2) is 17.3 Å². The highest BCUT2D eigenvalue weighted by molar-refractivity contribution is 7.89. The molecule has 96 valence electrons. The lowest BCUT2D eigenvalue weighted by atomic mass is 9.81. The molecule has 0 amide bonds. The average molecular weight is 258 g/mol. The van der Waals surface area contributed by atoms with Gasteiger partial charge in [-0.25, -0.2) is 8.42 Å². The number of aromatic nitrogens is 2. The van der Waals surface area contributed by atoms with Crippen LogP contribution >= 0.6 is 0 Å². The maximum Gasteiger partial charge on any atom is 0.259 e. The van der Waals surface area contributed by atoms with Crippen LogP contribution in [0, 0.1) is 5.41 Å². The highest BCUT2D eigenvalue weighted by Crippen LogP contribution is 2.31. The van der Waals surface area contributed by atoms with Crippen molar-refractivity contribution in [3.63, 3.8) is 0 Å². The summed E-state index contributed by atoms with van der Waals surface area (Å²) in [6.07, 6.45) is 3.05. The molecule has 1 aliphatic heterocycles. The molecule has 0 spiro atoms. The van der Waals surface area contributed by atoms with Gasteiger partial charge in [0.15, 0.2) is 5.03 Å². The maximum absolute atomic E-state index is 12.2. The molecule has 1 fully saturated rings. The molecule has 3 N–H and O–H groups in total. The van der Waals surface area contributed by atoms with Crippen molar-refractivity contribution in [1.29, 1.82) is 0 Å².